The second-order valence-corrected chi connectivity index (χ2v) is 6.98. The average molecular weight is 381 g/mol. The van der Waals surface area contributed by atoms with Gasteiger partial charge in [0.2, 0.25) is 5.36 Å². The van der Waals surface area contributed by atoms with Crippen molar-refractivity contribution in [1.82, 2.24) is 4.98 Å². The Labute approximate surface area is 162 Å². The van der Waals surface area contributed by atoms with Gasteiger partial charge in [-0.3, -0.25) is 0 Å². The standard InChI is InChI=1S/C21H23N3O4/c1-3-22-14-10-18-15(9-13(14)2)23-16-11-20-17(12-19(16)28-18)24(7-8-27-20)6-4-5-21(25)26/h9-12H,3-8H2,1-2H3,(H,25,26). The molecule has 1 aromatic carbocycles. The van der Waals surface area contributed by atoms with Crippen molar-refractivity contribution in [2.75, 3.05) is 31.1 Å². The molecule has 0 unspecified atom stereocenters. The van der Waals surface area contributed by atoms with Crippen LogP contribution in [0.4, 0.5) is 5.69 Å². The van der Waals surface area contributed by atoms with Gasteiger partial charge < -0.3 is 24.0 Å². The summed E-state index contributed by atoms with van der Waals surface area (Å²) >= 11 is 0. The lowest BCUT2D eigenvalue weighted by atomic mass is 10.1. The molecule has 28 heavy (non-hydrogen) atoms. The number of aromatic nitrogens is 1. The first-order valence-corrected chi connectivity index (χ1v) is 9.59. The quantitative estimate of drug-likeness (QED) is 0.624. The van der Waals surface area contributed by atoms with E-state index in [0.717, 1.165) is 40.1 Å². The van der Waals surface area contributed by atoms with Crippen LogP contribution in [-0.2, 0) is 4.79 Å². The van der Waals surface area contributed by atoms with Crippen molar-refractivity contribution in [2.24, 2.45) is 0 Å². The van der Waals surface area contributed by atoms with E-state index >= 15 is 0 Å². The van der Waals surface area contributed by atoms with Crippen LogP contribution in [0.15, 0.2) is 28.7 Å². The molecule has 0 radical (unpaired) electrons. The second-order valence-electron chi connectivity index (χ2n) is 6.98. The Kier molecular flexibility index (Phi) is 4.90. The molecule has 0 bridgehead atoms. The summed E-state index contributed by atoms with van der Waals surface area (Å²) in [6.45, 7) is 6.82. The Hall–Kier alpha value is -3.09. The first-order valence-electron chi connectivity index (χ1n) is 9.59. The highest BCUT2D eigenvalue weighted by atomic mass is 16.5. The summed E-state index contributed by atoms with van der Waals surface area (Å²) in [4.78, 5) is 20.9. The number of nitrogens with zero attached hydrogens (tertiary/aromatic N) is 2. The molecule has 0 fully saturated rings. The Morgan fingerprint density at radius 1 is 1.32 bits per heavy atom. The molecule has 2 heterocycles. The van der Waals surface area contributed by atoms with Gasteiger partial charge in [-0.15, -0.1) is 0 Å². The lowest BCUT2D eigenvalue weighted by Crippen LogP contribution is -2.76. The van der Waals surface area contributed by atoms with Crippen LogP contribution in [0, 0.1) is 6.92 Å². The van der Waals surface area contributed by atoms with E-state index in [2.05, 4.69) is 16.8 Å². The van der Waals surface area contributed by atoms with Crippen LogP contribution in [0.3, 0.4) is 0 Å². The van der Waals surface area contributed by atoms with Crippen molar-refractivity contribution in [1.29, 1.82) is 0 Å². The Bertz CT molecular complexity index is 1070. The average Bonchev–Trinajstić information content (AvgIpc) is 2.66. The lowest BCUT2D eigenvalue weighted by Gasteiger charge is -2.31. The van der Waals surface area contributed by atoms with Crippen LogP contribution in [0.1, 0.15) is 25.3 Å². The molecule has 0 atom stereocenters. The number of rotatable bonds is 5. The summed E-state index contributed by atoms with van der Waals surface area (Å²) in [6, 6.07) is 7.82. The van der Waals surface area contributed by atoms with E-state index in [0.29, 0.717) is 37.5 Å². The fourth-order valence-corrected chi connectivity index (χ4v) is 3.57. The van der Waals surface area contributed by atoms with Gasteiger partial charge in [-0.2, -0.15) is 0 Å². The van der Waals surface area contributed by atoms with Gasteiger partial charge in [0.05, 0.1) is 18.3 Å². The smallest absolute Gasteiger partial charge is 0.205 e. The number of aliphatic carboxylic acids is 1. The largest absolute Gasteiger partial charge is 0.550 e. The molecule has 7 heteroatoms. The zero-order chi connectivity index (χ0) is 19.7. The molecule has 0 spiro atoms. The number of ether oxygens (including phenoxy) is 1. The van der Waals surface area contributed by atoms with Crippen LogP contribution in [0.25, 0.3) is 22.6 Å². The summed E-state index contributed by atoms with van der Waals surface area (Å²) < 4.78 is 12.0. The maximum atomic E-state index is 10.7. The number of carboxylic acids is 1. The fraction of sp³-hybridized carbons (Fsp3) is 0.381. The molecule has 7 nitrogen and oxygen atoms in total. The first-order chi connectivity index (χ1) is 13.5. The summed E-state index contributed by atoms with van der Waals surface area (Å²) in [5.41, 5.74) is 4.23. The van der Waals surface area contributed by atoms with Crippen LogP contribution >= 0.6 is 0 Å². The van der Waals surface area contributed by atoms with Gasteiger partial charge in [0.15, 0.2) is 11.3 Å². The Morgan fingerprint density at radius 2 is 2.18 bits per heavy atom. The van der Waals surface area contributed by atoms with Crippen molar-refractivity contribution in [2.45, 2.75) is 26.7 Å². The Morgan fingerprint density at radius 3 is 2.96 bits per heavy atom. The van der Waals surface area contributed by atoms with E-state index in [4.69, 9.17) is 14.1 Å². The molecular formula is C21H23N3O4. The monoisotopic (exact) mass is 381 g/mol. The minimum atomic E-state index is -1.02. The molecule has 0 aromatic heterocycles. The van der Waals surface area contributed by atoms with E-state index in [-0.39, 0.29) is 6.42 Å². The van der Waals surface area contributed by atoms with Gasteiger partial charge in [-0.1, -0.05) is 0 Å². The highest BCUT2D eigenvalue weighted by Crippen LogP contribution is 2.37. The van der Waals surface area contributed by atoms with Crippen molar-refractivity contribution in [3.05, 3.63) is 35.2 Å². The van der Waals surface area contributed by atoms with Gasteiger partial charge in [0, 0.05) is 30.2 Å². The number of nitrogens with one attached hydrogen (secondary N) is 1. The zero-order valence-electron chi connectivity index (χ0n) is 16.1. The topological polar surface area (TPSA) is 92.6 Å². The highest BCUT2D eigenvalue weighted by molar-refractivity contribution is 5.84. The Balaban J connectivity index is 1.77. The SMILES string of the molecule is CC[NH+]=c1cc2oc3cc4c(cc3nc-2cc1C)OCCN4CCCC(=O)[O-]. The third-order valence-corrected chi connectivity index (χ3v) is 4.94. The molecule has 0 amide bonds. The van der Waals surface area contributed by atoms with E-state index in [9.17, 15) is 9.90 Å². The van der Waals surface area contributed by atoms with E-state index in [1.165, 1.54) is 0 Å². The lowest BCUT2D eigenvalue weighted by molar-refractivity contribution is -0.496. The number of carbonyl (C=O) groups excluding carboxylic acids is 1. The van der Waals surface area contributed by atoms with E-state index in [1.807, 2.05) is 31.2 Å². The van der Waals surface area contributed by atoms with Crippen LogP contribution in [0.5, 0.6) is 5.75 Å². The molecule has 4 rings (SSSR count). The number of anilines is 1. The number of hydrogen-bond donors (Lipinski definition) is 1. The maximum Gasteiger partial charge on any atom is 0.205 e. The summed E-state index contributed by atoms with van der Waals surface area (Å²) in [7, 11) is 0. The van der Waals surface area contributed by atoms with Gasteiger partial charge in [0.25, 0.3) is 0 Å². The molecule has 146 valence electrons. The predicted octanol–water partition coefficient (Wildman–Crippen LogP) is -0.0289. The molecule has 1 aliphatic carbocycles. The molecule has 3 aliphatic rings. The number of hydrogen-bond acceptors (Lipinski definition) is 6. The minimum absolute atomic E-state index is 0.0450. The van der Waals surface area contributed by atoms with Crippen LogP contribution < -0.4 is 25.1 Å². The van der Waals surface area contributed by atoms with E-state index in [1.54, 1.807) is 0 Å². The minimum Gasteiger partial charge on any atom is -0.550 e. The summed E-state index contributed by atoms with van der Waals surface area (Å²) in [5.74, 6) is 0.439. The van der Waals surface area contributed by atoms with Crippen molar-refractivity contribution in [3.8, 4) is 17.2 Å². The number of fused-ring (bicyclic) bond motifs is 3. The third-order valence-electron chi connectivity index (χ3n) is 4.94. The van der Waals surface area contributed by atoms with Crippen LogP contribution in [-0.4, -0.2) is 37.2 Å². The molecule has 1 aromatic rings. The van der Waals surface area contributed by atoms with Gasteiger partial charge in [-0.05, 0) is 32.8 Å². The third kappa shape index (κ3) is 3.52. The summed E-state index contributed by atoms with van der Waals surface area (Å²) in [5, 5.41) is 11.7. The van der Waals surface area contributed by atoms with E-state index < -0.39 is 5.97 Å². The van der Waals surface area contributed by atoms with Gasteiger partial charge in [0.1, 0.15) is 30.1 Å². The predicted molar refractivity (Wildman–Crippen MR) is 102 cm³/mol. The molecule has 0 saturated heterocycles. The van der Waals surface area contributed by atoms with Gasteiger partial charge in [-0.25, -0.2) is 9.98 Å². The fourth-order valence-electron chi connectivity index (χ4n) is 3.57. The number of carbonyl (C=O) groups is 1. The molecule has 2 aliphatic heterocycles. The second kappa shape index (κ2) is 7.50. The first kappa shape index (κ1) is 18.3. The molecule has 1 N–H and O–H groups in total. The van der Waals surface area contributed by atoms with Gasteiger partial charge >= 0.3 is 0 Å². The molecular weight excluding hydrogens is 358 g/mol. The number of carboxylic acid groups (broad SMARTS) is 1. The number of benzene rings is 2. The highest BCUT2D eigenvalue weighted by Gasteiger charge is 2.21. The van der Waals surface area contributed by atoms with Crippen molar-refractivity contribution in [3.63, 3.8) is 0 Å². The summed E-state index contributed by atoms with van der Waals surface area (Å²) in [6.07, 6.45) is 0.571. The number of aryl methyl sites for hydroxylation is 1. The van der Waals surface area contributed by atoms with Crippen LogP contribution in [0.2, 0.25) is 0 Å². The van der Waals surface area contributed by atoms with Crippen molar-refractivity contribution < 1.29 is 24.0 Å². The zero-order valence-corrected chi connectivity index (χ0v) is 16.1. The molecule has 0 saturated carbocycles. The normalized spacial score (nSPS) is 14.4. The van der Waals surface area contributed by atoms with Crippen molar-refractivity contribution >= 4 is 22.8 Å². The maximum absolute atomic E-state index is 10.7.